The summed E-state index contributed by atoms with van der Waals surface area (Å²) in [5.74, 6) is 0.872. The largest absolute Gasteiger partial charge is 0.383 e. The number of anilines is 2. The summed E-state index contributed by atoms with van der Waals surface area (Å²) >= 11 is 0. The molecule has 2 rings (SSSR count). The van der Waals surface area contributed by atoms with Crippen molar-refractivity contribution in [2.45, 2.75) is 6.54 Å². The minimum Gasteiger partial charge on any atom is -0.383 e. The van der Waals surface area contributed by atoms with Crippen molar-refractivity contribution in [2.75, 3.05) is 39.2 Å². The lowest BCUT2D eigenvalue weighted by Gasteiger charge is -2.17. The molecular formula is C15H22N4O. The maximum Gasteiger partial charge on any atom is 0.207 e. The molecule has 1 aromatic carbocycles. The number of likely N-dealkylation sites (N-methyl/N-ethyl adjacent to an activating group) is 1. The highest BCUT2D eigenvalue weighted by Gasteiger charge is 2.04. The minimum absolute atomic E-state index is 0.759. The number of nitrogens with one attached hydrogen (secondary N) is 1. The summed E-state index contributed by atoms with van der Waals surface area (Å²) in [4.78, 5) is 6.61. The molecule has 20 heavy (non-hydrogen) atoms. The van der Waals surface area contributed by atoms with Crippen molar-refractivity contribution in [3.8, 4) is 0 Å². The van der Waals surface area contributed by atoms with E-state index in [1.54, 1.807) is 7.11 Å². The van der Waals surface area contributed by atoms with E-state index in [0.29, 0.717) is 0 Å². The Kier molecular flexibility index (Phi) is 5.58. The van der Waals surface area contributed by atoms with Crippen LogP contribution in [-0.4, -0.2) is 48.3 Å². The van der Waals surface area contributed by atoms with Gasteiger partial charge in [0.2, 0.25) is 5.95 Å². The van der Waals surface area contributed by atoms with Gasteiger partial charge in [0.1, 0.15) is 0 Å². The Bertz CT molecular complexity index is 498. The van der Waals surface area contributed by atoms with Crippen LogP contribution in [0.15, 0.2) is 42.7 Å². The SMILES string of the molecule is COCCN(C)CCn1ccnc1Nc1ccccc1. The lowest BCUT2D eigenvalue weighted by molar-refractivity contribution is 0.159. The summed E-state index contributed by atoms with van der Waals surface area (Å²) in [6.45, 7) is 3.56. The zero-order valence-electron chi connectivity index (χ0n) is 12.1. The monoisotopic (exact) mass is 274 g/mol. The van der Waals surface area contributed by atoms with E-state index in [1.165, 1.54) is 0 Å². The summed E-state index contributed by atoms with van der Waals surface area (Å²) in [7, 11) is 3.83. The van der Waals surface area contributed by atoms with Crippen LogP contribution < -0.4 is 5.32 Å². The van der Waals surface area contributed by atoms with E-state index >= 15 is 0 Å². The number of methoxy groups -OCH3 is 1. The Balaban J connectivity index is 1.88. The maximum absolute atomic E-state index is 5.08. The fraction of sp³-hybridized carbons (Fsp3) is 0.400. The van der Waals surface area contributed by atoms with Gasteiger partial charge in [-0.2, -0.15) is 0 Å². The van der Waals surface area contributed by atoms with Gasteiger partial charge in [-0.05, 0) is 19.2 Å². The van der Waals surface area contributed by atoms with Crippen molar-refractivity contribution in [1.82, 2.24) is 14.5 Å². The van der Waals surface area contributed by atoms with Gasteiger partial charge in [0.15, 0.2) is 0 Å². The number of imidazole rings is 1. The Morgan fingerprint density at radius 1 is 1.25 bits per heavy atom. The number of ether oxygens (including phenoxy) is 1. The van der Waals surface area contributed by atoms with Crippen molar-refractivity contribution in [3.05, 3.63) is 42.7 Å². The van der Waals surface area contributed by atoms with Gasteiger partial charge in [0.05, 0.1) is 6.61 Å². The van der Waals surface area contributed by atoms with Crippen molar-refractivity contribution in [3.63, 3.8) is 0 Å². The topological polar surface area (TPSA) is 42.3 Å². The standard InChI is InChI=1S/C15H22N4O/c1-18(12-13-20-2)10-11-19-9-8-16-15(19)17-14-6-4-3-5-7-14/h3-9H,10-13H2,1-2H3,(H,16,17). The van der Waals surface area contributed by atoms with Crippen LogP contribution in [0.25, 0.3) is 0 Å². The molecule has 2 aromatic rings. The smallest absolute Gasteiger partial charge is 0.207 e. The van der Waals surface area contributed by atoms with E-state index < -0.39 is 0 Å². The van der Waals surface area contributed by atoms with Gasteiger partial charge in [0, 0.05) is 44.8 Å². The molecule has 0 aliphatic rings. The highest BCUT2D eigenvalue weighted by molar-refractivity contribution is 5.52. The molecule has 5 nitrogen and oxygen atoms in total. The van der Waals surface area contributed by atoms with Gasteiger partial charge in [0.25, 0.3) is 0 Å². The number of aromatic nitrogens is 2. The lowest BCUT2D eigenvalue weighted by atomic mass is 10.3. The lowest BCUT2D eigenvalue weighted by Crippen LogP contribution is -2.26. The van der Waals surface area contributed by atoms with Crippen LogP contribution in [-0.2, 0) is 11.3 Å². The van der Waals surface area contributed by atoms with Gasteiger partial charge >= 0.3 is 0 Å². The van der Waals surface area contributed by atoms with Gasteiger partial charge in [-0.3, -0.25) is 0 Å². The number of benzene rings is 1. The molecule has 0 fully saturated rings. The number of para-hydroxylation sites is 1. The molecule has 0 saturated heterocycles. The van der Waals surface area contributed by atoms with Gasteiger partial charge in [-0.25, -0.2) is 4.98 Å². The zero-order chi connectivity index (χ0) is 14.2. The number of nitrogens with zero attached hydrogens (tertiary/aromatic N) is 3. The van der Waals surface area contributed by atoms with Crippen molar-refractivity contribution in [1.29, 1.82) is 0 Å². The van der Waals surface area contributed by atoms with Crippen molar-refractivity contribution < 1.29 is 4.74 Å². The van der Waals surface area contributed by atoms with Crippen molar-refractivity contribution in [2.24, 2.45) is 0 Å². The van der Waals surface area contributed by atoms with E-state index in [1.807, 2.05) is 42.7 Å². The Hall–Kier alpha value is -1.85. The van der Waals surface area contributed by atoms with Crippen LogP contribution in [0.5, 0.6) is 0 Å². The Labute approximate surface area is 120 Å². The van der Waals surface area contributed by atoms with Gasteiger partial charge in [-0.15, -0.1) is 0 Å². The predicted molar refractivity (Wildman–Crippen MR) is 81.3 cm³/mol. The average molecular weight is 274 g/mol. The summed E-state index contributed by atoms with van der Waals surface area (Å²) in [6, 6.07) is 10.1. The van der Waals surface area contributed by atoms with Crippen LogP contribution >= 0.6 is 0 Å². The zero-order valence-corrected chi connectivity index (χ0v) is 12.1. The van der Waals surface area contributed by atoms with E-state index in [4.69, 9.17) is 4.74 Å². The third kappa shape index (κ3) is 4.36. The molecule has 0 radical (unpaired) electrons. The normalized spacial score (nSPS) is 10.9. The molecule has 0 amide bonds. The molecule has 0 bridgehead atoms. The highest BCUT2D eigenvalue weighted by atomic mass is 16.5. The van der Waals surface area contributed by atoms with E-state index in [0.717, 1.165) is 37.9 Å². The Morgan fingerprint density at radius 3 is 2.80 bits per heavy atom. The third-order valence-electron chi connectivity index (χ3n) is 3.15. The number of hydrogen-bond donors (Lipinski definition) is 1. The molecule has 5 heteroatoms. The molecule has 0 unspecified atom stereocenters. The number of hydrogen-bond acceptors (Lipinski definition) is 4. The summed E-state index contributed by atoms with van der Waals surface area (Å²) in [5, 5.41) is 3.33. The fourth-order valence-electron chi connectivity index (χ4n) is 1.90. The summed E-state index contributed by atoms with van der Waals surface area (Å²) in [5.41, 5.74) is 1.05. The summed E-state index contributed by atoms with van der Waals surface area (Å²) < 4.78 is 7.20. The first kappa shape index (κ1) is 14.6. The summed E-state index contributed by atoms with van der Waals surface area (Å²) in [6.07, 6.45) is 3.82. The van der Waals surface area contributed by atoms with Crippen LogP contribution in [0.3, 0.4) is 0 Å². The molecule has 0 spiro atoms. The number of rotatable bonds is 8. The first-order chi connectivity index (χ1) is 9.79. The maximum atomic E-state index is 5.08. The second-order valence-corrected chi connectivity index (χ2v) is 4.73. The van der Waals surface area contributed by atoms with Crippen molar-refractivity contribution >= 4 is 11.6 Å². The fourth-order valence-corrected chi connectivity index (χ4v) is 1.90. The molecule has 1 aromatic heterocycles. The van der Waals surface area contributed by atoms with Gasteiger partial charge in [-0.1, -0.05) is 18.2 Å². The molecule has 0 atom stereocenters. The second-order valence-electron chi connectivity index (χ2n) is 4.73. The average Bonchev–Trinajstić information content (AvgIpc) is 2.91. The van der Waals surface area contributed by atoms with Crippen LogP contribution in [0.4, 0.5) is 11.6 Å². The first-order valence-corrected chi connectivity index (χ1v) is 6.80. The molecule has 0 aliphatic carbocycles. The third-order valence-corrected chi connectivity index (χ3v) is 3.15. The quantitative estimate of drug-likeness (QED) is 0.801. The van der Waals surface area contributed by atoms with E-state index in [2.05, 4.69) is 26.8 Å². The molecular weight excluding hydrogens is 252 g/mol. The van der Waals surface area contributed by atoms with Crippen LogP contribution in [0.1, 0.15) is 0 Å². The predicted octanol–water partition coefficient (Wildman–Crippen LogP) is 2.20. The second kappa shape index (κ2) is 7.67. The van der Waals surface area contributed by atoms with E-state index in [9.17, 15) is 0 Å². The minimum atomic E-state index is 0.759. The Morgan fingerprint density at radius 2 is 2.05 bits per heavy atom. The molecule has 1 heterocycles. The molecule has 108 valence electrons. The molecule has 0 saturated carbocycles. The highest BCUT2D eigenvalue weighted by Crippen LogP contribution is 2.13. The molecule has 1 N–H and O–H groups in total. The van der Waals surface area contributed by atoms with Crippen LogP contribution in [0, 0.1) is 0 Å². The van der Waals surface area contributed by atoms with E-state index in [-0.39, 0.29) is 0 Å². The van der Waals surface area contributed by atoms with Gasteiger partial charge < -0.3 is 19.5 Å². The van der Waals surface area contributed by atoms with Crippen LogP contribution in [0.2, 0.25) is 0 Å². The molecule has 0 aliphatic heterocycles. The first-order valence-electron chi connectivity index (χ1n) is 6.80.